The zero-order valence-electron chi connectivity index (χ0n) is 17.9. The fourth-order valence-electron chi connectivity index (χ4n) is 2.80. The Bertz CT molecular complexity index is 1090. The van der Waals surface area contributed by atoms with Gasteiger partial charge in [-0.25, -0.2) is 4.99 Å². The van der Waals surface area contributed by atoms with Crippen molar-refractivity contribution >= 4 is 22.3 Å². The molecule has 9 nitrogen and oxygen atoms in total. The van der Waals surface area contributed by atoms with Crippen LogP contribution < -0.4 is 11.5 Å². The van der Waals surface area contributed by atoms with Crippen LogP contribution >= 0.6 is 0 Å². The van der Waals surface area contributed by atoms with Gasteiger partial charge in [-0.3, -0.25) is 9.11 Å². The minimum absolute atomic E-state index is 0.174. The van der Waals surface area contributed by atoms with E-state index in [1.165, 1.54) is 0 Å². The highest BCUT2D eigenvalue weighted by Gasteiger charge is 2.10. The van der Waals surface area contributed by atoms with Gasteiger partial charge in [0.1, 0.15) is 0 Å². The van der Waals surface area contributed by atoms with Gasteiger partial charge in [-0.2, -0.15) is 13.4 Å². The van der Waals surface area contributed by atoms with Gasteiger partial charge in [0.25, 0.3) is 0 Å². The zero-order valence-corrected chi connectivity index (χ0v) is 18.7. The topological polar surface area (TPSA) is 155 Å². The third-order valence-corrected chi connectivity index (χ3v) is 4.25. The quantitative estimate of drug-likeness (QED) is 0.246. The highest BCUT2D eigenvalue weighted by molar-refractivity contribution is 7.79. The van der Waals surface area contributed by atoms with Crippen LogP contribution in [0.1, 0.15) is 16.7 Å². The average molecular weight is 470 g/mol. The van der Waals surface area contributed by atoms with Crippen molar-refractivity contribution in [2.24, 2.45) is 21.5 Å². The predicted molar refractivity (Wildman–Crippen MR) is 130 cm³/mol. The van der Waals surface area contributed by atoms with Crippen molar-refractivity contribution in [2.45, 2.75) is 19.6 Å². The van der Waals surface area contributed by atoms with Gasteiger partial charge in [0.2, 0.25) is 5.96 Å². The fourth-order valence-corrected chi connectivity index (χ4v) is 2.80. The molecular formula is C23H27N5O4S. The van der Waals surface area contributed by atoms with Crippen LogP contribution in [-0.4, -0.2) is 34.3 Å². The first-order chi connectivity index (χ1) is 15.7. The molecule has 174 valence electrons. The molecule has 0 aliphatic carbocycles. The second kappa shape index (κ2) is 13.0. The van der Waals surface area contributed by atoms with Crippen LogP contribution in [0.15, 0.2) is 101 Å². The summed E-state index contributed by atoms with van der Waals surface area (Å²) in [5, 5.41) is 0. The lowest BCUT2D eigenvalue weighted by Crippen LogP contribution is -2.37. The molecule has 3 aromatic carbocycles. The third kappa shape index (κ3) is 11.5. The van der Waals surface area contributed by atoms with Gasteiger partial charge in [0, 0.05) is 13.1 Å². The minimum atomic E-state index is -4.67. The molecule has 33 heavy (non-hydrogen) atoms. The summed E-state index contributed by atoms with van der Waals surface area (Å²) >= 11 is 0. The summed E-state index contributed by atoms with van der Waals surface area (Å²) in [4.78, 5) is 10.7. The molecule has 0 saturated carbocycles. The van der Waals surface area contributed by atoms with Crippen molar-refractivity contribution in [3.63, 3.8) is 0 Å². The normalized spacial score (nSPS) is 11.9. The summed E-state index contributed by atoms with van der Waals surface area (Å²) in [6.07, 6.45) is 0. The molecule has 0 saturated heterocycles. The molecule has 3 aromatic rings. The Labute approximate surface area is 193 Å². The van der Waals surface area contributed by atoms with E-state index in [-0.39, 0.29) is 5.96 Å². The van der Waals surface area contributed by atoms with E-state index < -0.39 is 10.4 Å². The van der Waals surface area contributed by atoms with Gasteiger partial charge < -0.3 is 16.4 Å². The van der Waals surface area contributed by atoms with Gasteiger partial charge in [0.15, 0.2) is 5.96 Å². The second-order valence-corrected chi connectivity index (χ2v) is 7.80. The van der Waals surface area contributed by atoms with E-state index in [2.05, 4.69) is 34.3 Å². The highest BCUT2D eigenvalue weighted by atomic mass is 32.3. The van der Waals surface area contributed by atoms with Crippen molar-refractivity contribution in [3.05, 3.63) is 108 Å². The molecule has 0 aromatic heterocycles. The van der Waals surface area contributed by atoms with Crippen LogP contribution in [0.2, 0.25) is 0 Å². The molecular weight excluding hydrogens is 442 g/mol. The SMILES string of the molecule is NC(=NCc1ccccc1)N=C(N)N(Cc1ccccc1)Cc1ccccc1.O=S(=O)(O)O. The number of nitrogens with two attached hydrogens (primary N) is 2. The molecule has 0 atom stereocenters. The van der Waals surface area contributed by atoms with E-state index in [0.717, 1.165) is 16.7 Å². The zero-order chi connectivity index (χ0) is 24.1. The van der Waals surface area contributed by atoms with E-state index in [9.17, 15) is 0 Å². The summed E-state index contributed by atoms with van der Waals surface area (Å²) in [5.74, 6) is 0.523. The van der Waals surface area contributed by atoms with Crippen molar-refractivity contribution in [3.8, 4) is 0 Å². The Morgan fingerprint density at radius 3 is 1.48 bits per heavy atom. The lowest BCUT2D eigenvalue weighted by molar-refractivity contribution is 0.381. The molecule has 0 unspecified atom stereocenters. The molecule has 10 heteroatoms. The standard InChI is InChI=1S/C23H25N5.H2O4S/c24-22(26-16-19-10-4-1-5-11-19)27-23(25)28(17-20-12-6-2-7-13-20)18-21-14-8-3-9-15-21;1-5(2,3)4/h1-15H,16-18H2,(H4,24,25,26,27);(H2,1,2,3,4). The number of benzene rings is 3. The van der Waals surface area contributed by atoms with Gasteiger partial charge in [0.05, 0.1) is 6.54 Å². The molecule has 0 spiro atoms. The molecule has 0 fully saturated rings. The smallest absolute Gasteiger partial charge is 0.369 e. The van der Waals surface area contributed by atoms with Crippen molar-refractivity contribution in [1.29, 1.82) is 0 Å². The highest BCUT2D eigenvalue weighted by Crippen LogP contribution is 2.10. The summed E-state index contributed by atoms with van der Waals surface area (Å²) in [7, 11) is -4.67. The molecule has 0 radical (unpaired) electrons. The van der Waals surface area contributed by atoms with Gasteiger partial charge in [-0.1, -0.05) is 91.0 Å². The van der Waals surface area contributed by atoms with Gasteiger partial charge >= 0.3 is 10.4 Å². The summed E-state index contributed by atoms with van der Waals surface area (Å²) in [5.41, 5.74) is 15.7. The Hall–Kier alpha value is -3.73. The van der Waals surface area contributed by atoms with E-state index >= 15 is 0 Å². The van der Waals surface area contributed by atoms with Crippen LogP contribution in [-0.2, 0) is 30.0 Å². The third-order valence-electron chi connectivity index (χ3n) is 4.25. The molecule has 0 aliphatic rings. The molecule has 0 bridgehead atoms. The Morgan fingerprint density at radius 1 is 0.727 bits per heavy atom. The lowest BCUT2D eigenvalue weighted by atomic mass is 10.2. The number of rotatable bonds is 6. The molecule has 6 N–H and O–H groups in total. The second-order valence-electron chi connectivity index (χ2n) is 6.91. The summed E-state index contributed by atoms with van der Waals surface area (Å²) in [6, 6.07) is 30.2. The first kappa shape index (κ1) is 25.5. The van der Waals surface area contributed by atoms with E-state index in [1.807, 2.05) is 71.6 Å². The average Bonchev–Trinajstić information content (AvgIpc) is 2.78. The molecule has 0 heterocycles. The van der Waals surface area contributed by atoms with Gasteiger partial charge in [-0.05, 0) is 16.7 Å². The van der Waals surface area contributed by atoms with E-state index in [0.29, 0.717) is 25.6 Å². The Balaban J connectivity index is 0.000000696. The number of guanidine groups is 2. The van der Waals surface area contributed by atoms with E-state index in [1.54, 1.807) is 0 Å². The molecule has 3 rings (SSSR count). The Morgan fingerprint density at radius 2 is 1.09 bits per heavy atom. The first-order valence-electron chi connectivity index (χ1n) is 9.91. The molecule has 0 aliphatic heterocycles. The van der Waals surface area contributed by atoms with Crippen molar-refractivity contribution in [2.75, 3.05) is 0 Å². The largest absolute Gasteiger partial charge is 0.394 e. The summed E-state index contributed by atoms with van der Waals surface area (Å²) in [6.45, 7) is 1.74. The minimum Gasteiger partial charge on any atom is -0.369 e. The van der Waals surface area contributed by atoms with E-state index in [4.69, 9.17) is 29.0 Å². The number of nitrogens with zero attached hydrogens (tertiary/aromatic N) is 3. The number of hydrogen-bond donors (Lipinski definition) is 4. The van der Waals surface area contributed by atoms with Crippen LogP contribution in [0.25, 0.3) is 0 Å². The van der Waals surface area contributed by atoms with Crippen molar-refractivity contribution in [1.82, 2.24) is 4.90 Å². The van der Waals surface area contributed by atoms with Crippen LogP contribution in [0, 0.1) is 0 Å². The van der Waals surface area contributed by atoms with Crippen LogP contribution in [0.5, 0.6) is 0 Å². The van der Waals surface area contributed by atoms with Crippen LogP contribution in [0.3, 0.4) is 0 Å². The van der Waals surface area contributed by atoms with Crippen molar-refractivity contribution < 1.29 is 17.5 Å². The first-order valence-corrected chi connectivity index (χ1v) is 11.3. The summed E-state index contributed by atoms with van der Waals surface area (Å²) < 4.78 is 31.6. The lowest BCUT2D eigenvalue weighted by Gasteiger charge is -2.24. The maximum Gasteiger partial charge on any atom is 0.394 e. The monoisotopic (exact) mass is 469 g/mol. The maximum absolute atomic E-state index is 8.74. The maximum atomic E-state index is 8.74. The fraction of sp³-hybridized carbons (Fsp3) is 0.130. The number of hydrogen-bond acceptors (Lipinski definition) is 3. The molecule has 0 amide bonds. The van der Waals surface area contributed by atoms with Crippen LogP contribution in [0.4, 0.5) is 0 Å². The number of aliphatic imine (C=N–C) groups is 2. The Kier molecular flexibility index (Phi) is 10.0. The predicted octanol–water partition coefficient (Wildman–Crippen LogP) is 2.87. The van der Waals surface area contributed by atoms with Gasteiger partial charge in [-0.15, -0.1) is 0 Å².